The minimum atomic E-state index is -0.238. The molecule has 3 unspecified atom stereocenters. The Morgan fingerprint density at radius 3 is 2.80 bits per heavy atom. The minimum Gasteiger partial charge on any atom is -0.395 e. The first-order chi connectivity index (χ1) is 4.75. The first kappa shape index (κ1) is 7.98. The molecule has 0 aromatic rings. The van der Waals surface area contributed by atoms with Crippen LogP contribution >= 0.6 is 0 Å². The van der Waals surface area contributed by atoms with Crippen LogP contribution in [0.2, 0.25) is 0 Å². The molecule has 3 N–H and O–H groups in total. The number of hydrogen-bond donors (Lipinski definition) is 3. The van der Waals surface area contributed by atoms with Crippen LogP contribution in [0.4, 0.5) is 0 Å². The molecular weight excluding hydrogens is 130 g/mol. The van der Waals surface area contributed by atoms with Gasteiger partial charge in [-0.15, -0.1) is 0 Å². The van der Waals surface area contributed by atoms with Crippen molar-refractivity contribution in [1.29, 1.82) is 0 Å². The third-order valence-electron chi connectivity index (χ3n) is 2.28. The van der Waals surface area contributed by atoms with Gasteiger partial charge in [0.25, 0.3) is 0 Å². The fourth-order valence-corrected chi connectivity index (χ4v) is 1.36. The van der Waals surface area contributed by atoms with Crippen molar-refractivity contribution in [2.45, 2.75) is 25.5 Å². The molecule has 1 heterocycles. The highest BCUT2D eigenvalue weighted by Crippen LogP contribution is 2.15. The highest BCUT2D eigenvalue weighted by molar-refractivity contribution is 4.83. The van der Waals surface area contributed by atoms with Gasteiger partial charge < -0.3 is 15.5 Å². The van der Waals surface area contributed by atoms with Crippen LogP contribution < -0.4 is 5.32 Å². The molecule has 0 aliphatic carbocycles. The Morgan fingerprint density at radius 1 is 1.60 bits per heavy atom. The summed E-state index contributed by atoms with van der Waals surface area (Å²) in [7, 11) is 0. The monoisotopic (exact) mass is 145 g/mol. The first-order valence-electron chi connectivity index (χ1n) is 3.78. The number of nitrogens with one attached hydrogen (secondary N) is 1. The molecule has 0 amide bonds. The summed E-state index contributed by atoms with van der Waals surface area (Å²) in [5.74, 6) is 0.179. The Labute approximate surface area is 61.1 Å². The molecule has 0 aromatic heterocycles. The van der Waals surface area contributed by atoms with Crippen LogP contribution in [0.1, 0.15) is 13.3 Å². The topological polar surface area (TPSA) is 52.5 Å². The van der Waals surface area contributed by atoms with Gasteiger partial charge in [-0.3, -0.25) is 0 Å². The van der Waals surface area contributed by atoms with Gasteiger partial charge in [0, 0.05) is 6.04 Å². The van der Waals surface area contributed by atoms with Crippen LogP contribution in [0, 0.1) is 5.92 Å². The summed E-state index contributed by atoms with van der Waals surface area (Å²) in [4.78, 5) is 0. The summed E-state index contributed by atoms with van der Waals surface area (Å²) >= 11 is 0. The summed E-state index contributed by atoms with van der Waals surface area (Å²) in [5, 5.41) is 21.3. The van der Waals surface area contributed by atoms with E-state index in [1.807, 2.05) is 6.92 Å². The second kappa shape index (κ2) is 3.32. The highest BCUT2D eigenvalue weighted by atomic mass is 16.3. The summed E-state index contributed by atoms with van der Waals surface area (Å²) in [6.07, 6.45) is 0.566. The average molecular weight is 145 g/mol. The van der Waals surface area contributed by atoms with E-state index in [9.17, 15) is 5.11 Å². The van der Waals surface area contributed by atoms with Crippen molar-refractivity contribution in [2.24, 2.45) is 5.92 Å². The zero-order valence-corrected chi connectivity index (χ0v) is 6.25. The van der Waals surface area contributed by atoms with Crippen LogP contribution in [0.3, 0.4) is 0 Å². The summed E-state index contributed by atoms with van der Waals surface area (Å²) in [6.45, 7) is 2.90. The Morgan fingerprint density at radius 2 is 2.30 bits per heavy atom. The van der Waals surface area contributed by atoms with E-state index >= 15 is 0 Å². The fraction of sp³-hybridized carbons (Fsp3) is 1.00. The van der Waals surface area contributed by atoms with Gasteiger partial charge in [-0.25, -0.2) is 0 Å². The standard InChI is InChI=1S/C7H15NO2/c1-5-6(4-9)8-3-2-7(5)10/h5-10H,2-4H2,1H3. The second-order valence-electron chi connectivity index (χ2n) is 2.96. The SMILES string of the molecule is CC1C(O)CCNC1CO. The third kappa shape index (κ3) is 1.48. The third-order valence-corrected chi connectivity index (χ3v) is 2.28. The van der Waals surface area contributed by atoms with Crippen molar-refractivity contribution in [3.05, 3.63) is 0 Å². The quantitative estimate of drug-likeness (QED) is 0.459. The fourth-order valence-electron chi connectivity index (χ4n) is 1.36. The Bertz CT molecular complexity index is 108. The predicted octanol–water partition coefficient (Wildman–Crippen LogP) is -0.662. The maximum absolute atomic E-state index is 9.33. The lowest BCUT2D eigenvalue weighted by atomic mass is 9.90. The number of rotatable bonds is 1. The molecule has 0 radical (unpaired) electrons. The molecule has 1 rings (SSSR count). The van der Waals surface area contributed by atoms with Crippen molar-refractivity contribution in [1.82, 2.24) is 5.32 Å². The van der Waals surface area contributed by atoms with Gasteiger partial charge in [-0.05, 0) is 18.9 Å². The molecule has 3 nitrogen and oxygen atoms in total. The predicted molar refractivity (Wildman–Crippen MR) is 38.7 cm³/mol. The van der Waals surface area contributed by atoms with E-state index in [0.29, 0.717) is 0 Å². The maximum Gasteiger partial charge on any atom is 0.0593 e. The summed E-state index contributed by atoms with van der Waals surface area (Å²) in [5.41, 5.74) is 0. The lowest BCUT2D eigenvalue weighted by Gasteiger charge is -2.32. The van der Waals surface area contributed by atoms with Crippen molar-refractivity contribution < 1.29 is 10.2 Å². The van der Waals surface area contributed by atoms with Crippen molar-refractivity contribution in [3.8, 4) is 0 Å². The Kier molecular flexibility index (Phi) is 2.65. The van der Waals surface area contributed by atoms with Gasteiger partial charge >= 0.3 is 0 Å². The van der Waals surface area contributed by atoms with Gasteiger partial charge in [-0.2, -0.15) is 0 Å². The van der Waals surface area contributed by atoms with Gasteiger partial charge in [0.15, 0.2) is 0 Å². The molecule has 1 aliphatic rings. The molecule has 1 saturated heterocycles. The minimum absolute atomic E-state index is 0.0868. The van der Waals surface area contributed by atoms with E-state index in [-0.39, 0.29) is 24.7 Å². The van der Waals surface area contributed by atoms with Crippen LogP contribution in [0.15, 0.2) is 0 Å². The molecule has 10 heavy (non-hydrogen) atoms. The van der Waals surface area contributed by atoms with E-state index in [2.05, 4.69) is 5.32 Å². The molecule has 0 aromatic carbocycles. The number of hydrogen-bond acceptors (Lipinski definition) is 3. The van der Waals surface area contributed by atoms with E-state index in [0.717, 1.165) is 13.0 Å². The molecule has 3 heteroatoms. The highest BCUT2D eigenvalue weighted by Gasteiger charge is 2.26. The van der Waals surface area contributed by atoms with Crippen LogP contribution in [0.25, 0.3) is 0 Å². The normalized spacial score (nSPS) is 41.7. The van der Waals surface area contributed by atoms with E-state index in [4.69, 9.17) is 5.11 Å². The van der Waals surface area contributed by atoms with E-state index in [1.54, 1.807) is 0 Å². The molecule has 3 atom stereocenters. The zero-order chi connectivity index (χ0) is 7.56. The molecule has 1 fully saturated rings. The zero-order valence-electron chi connectivity index (χ0n) is 6.25. The van der Waals surface area contributed by atoms with Crippen molar-refractivity contribution in [2.75, 3.05) is 13.2 Å². The smallest absolute Gasteiger partial charge is 0.0593 e. The van der Waals surface area contributed by atoms with Crippen molar-refractivity contribution >= 4 is 0 Å². The van der Waals surface area contributed by atoms with Crippen molar-refractivity contribution in [3.63, 3.8) is 0 Å². The Hall–Kier alpha value is -0.120. The molecule has 0 spiro atoms. The largest absolute Gasteiger partial charge is 0.395 e. The van der Waals surface area contributed by atoms with Crippen LogP contribution in [-0.2, 0) is 0 Å². The second-order valence-corrected chi connectivity index (χ2v) is 2.96. The molecule has 0 saturated carbocycles. The Balaban J connectivity index is 2.42. The van der Waals surface area contributed by atoms with E-state index in [1.165, 1.54) is 0 Å². The van der Waals surface area contributed by atoms with Gasteiger partial charge in [0.1, 0.15) is 0 Å². The lowest BCUT2D eigenvalue weighted by molar-refractivity contribution is 0.0426. The van der Waals surface area contributed by atoms with Gasteiger partial charge in [0.05, 0.1) is 12.7 Å². The van der Waals surface area contributed by atoms with Crippen LogP contribution in [-0.4, -0.2) is 35.5 Å². The van der Waals surface area contributed by atoms with Gasteiger partial charge in [-0.1, -0.05) is 6.92 Å². The number of aliphatic hydroxyl groups excluding tert-OH is 2. The maximum atomic E-state index is 9.33. The molecule has 0 bridgehead atoms. The lowest BCUT2D eigenvalue weighted by Crippen LogP contribution is -2.49. The average Bonchev–Trinajstić information content (AvgIpc) is 1.95. The number of aliphatic hydroxyl groups is 2. The molecular formula is C7H15NO2. The summed E-state index contributed by atoms with van der Waals surface area (Å²) in [6, 6.07) is 0.0868. The van der Waals surface area contributed by atoms with Gasteiger partial charge in [0.2, 0.25) is 0 Å². The number of piperidine rings is 1. The molecule has 1 aliphatic heterocycles. The van der Waals surface area contributed by atoms with E-state index < -0.39 is 0 Å². The summed E-state index contributed by atoms with van der Waals surface area (Å²) < 4.78 is 0. The molecule has 60 valence electrons. The first-order valence-corrected chi connectivity index (χ1v) is 3.78. The van der Waals surface area contributed by atoms with Crippen LogP contribution in [0.5, 0.6) is 0 Å².